The van der Waals surface area contributed by atoms with Crippen LogP contribution < -0.4 is 9.64 Å². The first-order valence-electron chi connectivity index (χ1n) is 8.66. The van der Waals surface area contributed by atoms with Gasteiger partial charge in [0.15, 0.2) is 5.76 Å². The highest BCUT2D eigenvalue weighted by Gasteiger charge is 2.25. The van der Waals surface area contributed by atoms with E-state index in [-0.39, 0.29) is 5.91 Å². The number of amides is 1. The van der Waals surface area contributed by atoms with Crippen LogP contribution in [-0.2, 0) is 0 Å². The van der Waals surface area contributed by atoms with Crippen LogP contribution in [0.1, 0.15) is 16.1 Å². The van der Waals surface area contributed by atoms with E-state index in [2.05, 4.69) is 6.07 Å². The molecule has 0 saturated carbocycles. The lowest BCUT2D eigenvalue weighted by Gasteiger charge is -2.35. The van der Waals surface area contributed by atoms with Crippen molar-refractivity contribution in [2.75, 3.05) is 38.2 Å². The zero-order chi connectivity index (χ0) is 18.8. The minimum Gasteiger partial charge on any atom is -0.497 e. The molecule has 7 nitrogen and oxygen atoms in total. The maximum absolute atomic E-state index is 12.4. The number of nitriles is 1. The van der Waals surface area contributed by atoms with Gasteiger partial charge in [-0.25, -0.2) is 4.98 Å². The van der Waals surface area contributed by atoms with Gasteiger partial charge in [0, 0.05) is 31.6 Å². The highest BCUT2D eigenvalue weighted by Crippen LogP contribution is 2.27. The number of methoxy groups -OCH3 is 1. The van der Waals surface area contributed by atoms with Crippen molar-refractivity contribution in [1.29, 1.82) is 5.26 Å². The number of furan rings is 1. The Balaban J connectivity index is 1.56. The standard InChI is InChI=1S/C20H18N4O3/c1-26-16-4-5-17-14(12-16)11-15(13-21)19(22-17)23-6-8-24(9-7-23)20(25)18-3-2-10-27-18/h2-5,10-12H,6-9H2,1H3. The number of ether oxygens (including phenoxy) is 1. The minimum atomic E-state index is -0.112. The molecule has 1 aliphatic heterocycles. The van der Waals surface area contributed by atoms with Gasteiger partial charge in [0.05, 0.1) is 24.5 Å². The number of fused-ring (bicyclic) bond motifs is 1. The third-order valence-electron chi connectivity index (χ3n) is 4.72. The van der Waals surface area contributed by atoms with Gasteiger partial charge >= 0.3 is 0 Å². The van der Waals surface area contributed by atoms with Crippen molar-refractivity contribution in [3.8, 4) is 11.8 Å². The molecule has 1 aliphatic rings. The smallest absolute Gasteiger partial charge is 0.289 e. The quantitative estimate of drug-likeness (QED) is 0.712. The van der Waals surface area contributed by atoms with Gasteiger partial charge in [-0.2, -0.15) is 5.26 Å². The molecule has 7 heteroatoms. The predicted molar refractivity (Wildman–Crippen MR) is 99.8 cm³/mol. The molecule has 0 bridgehead atoms. The highest BCUT2D eigenvalue weighted by molar-refractivity contribution is 5.91. The number of carbonyl (C=O) groups excluding carboxylic acids is 1. The SMILES string of the molecule is COc1ccc2nc(N3CCN(C(=O)c4ccco4)CC3)c(C#N)cc2c1. The molecule has 0 radical (unpaired) electrons. The largest absolute Gasteiger partial charge is 0.497 e. The number of rotatable bonds is 3. The Morgan fingerprint density at radius 1 is 1.22 bits per heavy atom. The van der Waals surface area contributed by atoms with Crippen molar-refractivity contribution >= 4 is 22.6 Å². The monoisotopic (exact) mass is 362 g/mol. The Labute approximate surface area is 156 Å². The molecular weight excluding hydrogens is 344 g/mol. The number of hydrogen-bond acceptors (Lipinski definition) is 6. The van der Waals surface area contributed by atoms with Crippen LogP contribution in [0, 0.1) is 11.3 Å². The third-order valence-corrected chi connectivity index (χ3v) is 4.72. The van der Waals surface area contributed by atoms with Gasteiger partial charge in [-0.05, 0) is 36.4 Å². The van der Waals surface area contributed by atoms with E-state index in [0.717, 1.165) is 16.7 Å². The number of anilines is 1. The Morgan fingerprint density at radius 3 is 2.70 bits per heavy atom. The summed E-state index contributed by atoms with van der Waals surface area (Å²) in [5, 5.41) is 10.4. The lowest BCUT2D eigenvalue weighted by Crippen LogP contribution is -2.49. The minimum absolute atomic E-state index is 0.112. The molecule has 136 valence electrons. The molecule has 4 rings (SSSR count). The van der Waals surface area contributed by atoms with E-state index >= 15 is 0 Å². The summed E-state index contributed by atoms with van der Waals surface area (Å²) in [6.07, 6.45) is 1.50. The number of aromatic nitrogens is 1. The first kappa shape index (κ1) is 16.9. The molecule has 1 fully saturated rings. The Kier molecular flexibility index (Phi) is 4.38. The lowest BCUT2D eigenvalue weighted by molar-refractivity contribution is 0.0714. The van der Waals surface area contributed by atoms with E-state index in [1.54, 1.807) is 24.1 Å². The summed E-state index contributed by atoms with van der Waals surface area (Å²) in [5.74, 6) is 1.61. The van der Waals surface area contributed by atoms with Gasteiger partial charge in [-0.15, -0.1) is 0 Å². The van der Waals surface area contributed by atoms with E-state index in [9.17, 15) is 10.1 Å². The van der Waals surface area contributed by atoms with Gasteiger partial charge in [0.2, 0.25) is 0 Å². The van der Waals surface area contributed by atoms with Crippen molar-refractivity contribution in [3.05, 3.63) is 54.0 Å². The van der Waals surface area contributed by atoms with Crippen molar-refractivity contribution in [3.63, 3.8) is 0 Å². The van der Waals surface area contributed by atoms with Gasteiger partial charge in [0.25, 0.3) is 5.91 Å². The van der Waals surface area contributed by atoms with E-state index in [1.165, 1.54) is 6.26 Å². The maximum atomic E-state index is 12.4. The number of piperazine rings is 1. The Bertz CT molecular complexity index is 1020. The predicted octanol–water partition coefficient (Wildman–Crippen LogP) is 2.67. The zero-order valence-electron chi connectivity index (χ0n) is 14.9. The van der Waals surface area contributed by atoms with Gasteiger partial charge in [0.1, 0.15) is 17.6 Å². The van der Waals surface area contributed by atoms with Crippen molar-refractivity contribution in [2.45, 2.75) is 0 Å². The van der Waals surface area contributed by atoms with Crippen LogP contribution in [0.15, 0.2) is 47.1 Å². The molecule has 1 amide bonds. The molecule has 2 aromatic heterocycles. The van der Waals surface area contributed by atoms with Gasteiger partial charge in [-0.3, -0.25) is 4.79 Å². The van der Waals surface area contributed by atoms with Crippen LogP contribution >= 0.6 is 0 Å². The van der Waals surface area contributed by atoms with Gasteiger partial charge < -0.3 is 19.0 Å². The molecule has 1 saturated heterocycles. The maximum Gasteiger partial charge on any atom is 0.289 e. The normalized spacial score (nSPS) is 14.2. The second-order valence-corrected chi connectivity index (χ2v) is 6.29. The molecule has 27 heavy (non-hydrogen) atoms. The van der Waals surface area contributed by atoms with Crippen LogP contribution in [0.2, 0.25) is 0 Å². The number of benzene rings is 1. The first-order valence-corrected chi connectivity index (χ1v) is 8.66. The summed E-state index contributed by atoms with van der Waals surface area (Å²) < 4.78 is 10.4. The molecule has 3 aromatic rings. The van der Waals surface area contributed by atoms with E-state index in [0.29, 0.717) is 43.3 Å². The summed E-state index contributed by atoms with van der Waals surface area (Å²) in [6, 6.07) is 13.1. The number of nitrogens with zero attached hydrogens (tertiary/aromatic N) is 4. The fraction of sp³-hybridized carbons (Fsp3) is 0.250. The summed E-state index contributed by atoms with van der Waals surface area (Å²) in [7, 11) is 1.61. The summed E-state index contributed by atoms with van der Waals surface area (Å²) in [4.78, 5) is 20.9. The Morgan fingerprint density at radius 2 is 2.04 bits per heavy atom. The van der Waals surface area contributed by atoms with E-state index in [4.69, 9.17) is 14.1 Å². The van der Waals surface area contributed by atoms with Crippen molar-refractivity contribution in [2.24, 2.45) is 0 Å². The molecule has 0 spiro atoms. The average molecular weight is 362 g/mol. The molecular formula is C20H18N4O3. The van der Waals surface area contributed by atoms with Gasteiger partial charge in [-0.1, -0.05) is 0 Å². The van der Waals surface area contributed by atoms with E-state index in [1.807, 2.05) is 29.2 Å². The second-order valence-electron chi connectivity index (χ2n) is 6.29. The molecule has 0 aliphatic carbocycles. The van der Waals surface area contributed by atoms with E-state index < -0.39 is 0 Å². The highest BCUT2D eigenvalue weighted by atomic mass is 16.5. The third kappa shape index (κ3) is 3.17. The van der Waals surface area contributed by atoms with Crippen LogP contribution in [0.4, 0.5) is 5.82 Å². The fourth-order valence-corrected chi connectivity index (χ4v) is 3.27. The first-order chi connectivity index (χ1) is 13.2. The van der Waals surface area contributed by atoms with Crippen molar-refractivity contribution in [1.82, 2.24) is 9.88 Å². The van der Waals surface area contributed by atoms with Crippen molar-refractivity contribution < 1.29 is 13.9 Å². The number of pyridine rings is 1. The molecule has 1 aromatic carbocycles. The molecule has 0 unspecified atom stereocenters. The summed E-state index contributed by atoms with van der Waals surface area (Å²) in [5.41, 5.74) is 1.32. The summed E-state index contributed by atoms with van der Waals surface area (Å²) >= 11 is 0. The number of hydrogen-bond donors (Lipinski definition) is 0. The number of carbonyl (C=O) groups is 1. The van der Waals surface area contributed by atoms with Crippen LogP contribution in [0.5, 0.6) is 5.75 Å². The topological polar surface area (TPSA) is 82.6 Å². The lowest BCUT2D eigenvalue weighted by atomic mass is 10.1. The van der Waals surface area contributed by atoms with Crippen LogP contribution in [0.25, 0.3) is 10.9 Å². The molecule has 0 N–H and O–H groups in total. The fourth-order valence-electron chi connectivity index (χ4n) is 3.27. The summed E-state index contributed by atoms with van der Waals surface area (Å²) in [6.45, 7) is 2.31. The molecule has 3 heterocycles. The van der Waals surface area contributed by atoms with Crippen LogP contribution in [-0.4, -0.2) is 49.1 Å². The van der Waals surface area contributed by atoms with Crippen LogP contribution in [0.3, 0.4) is 0 Å². The Hall–Kier alpha value is -3.53. The zero-order valence-corrected chi connectivity index (χ0v) is 14.9. The average Bonchev–Trinajstić information content (AvgIpc) is 3.26. The second kappa shape index (κ2) is 7.00. The molecule has 0 atom stereocenters.